The zero-order valence-electron chi connectivity index (χ0n) is 25.9. The van der Waals surface area contributed by atoms with Crippen LogP contribution in [0.25, 0.3) is 11.1 Å². The molecule has 0 aliphatic carbocycles. The molecular formula is C33H46N8O2. The average Bonchev–Trinajstić information content (AvgIpc) is 3.46. The highest BCUT2D eigenvalue weighted by Crippen LogP contribution is 2.27. The largest absolute Gasteiger partial charge is 0.335 e. The van der Waals surface area contributed by atoms with Gasteiger partial charge < -0.3 is 20.4 Å². The summed E-state index contributed by atoms with van der Waals surface area (Å²) in [5.41, 5.74) is 4.82. The van der Waals surface area contributed by atoms with Crippen molar-refractivity contribution in [1.29, 1.82) is 0 Å². The molecule has 5 rings (SSSR count). The number of carbonyl (C=O) groups is 2. The Balaban J connectivity index is 1.25. The third kappa shape index (κ3) is 8.28. The van der Waals surface area contributed by atoms with Gasteiger partial charge in [0.2, 0.25) is 5.91 Å². The van der Waals surface area contributed by atoms with Gasteiger partial charge in [-0.05, 0) is 62.0 Å². The predicted molar refractivity (Wildman–Crippen MR) is 170 cm³/mol. The van der Waals surface area contributed by atoms with Crippen molar-refractivity contribution in [3.63, 3.8) is 0 Å². The summed E-state index contributed by atoms with van der Waals surface area (Å²) in [5, 5.41) is 10.3. The van der Waals surface area contributed by atoms with E-state index in [4.69, 9.17) is 0 Å². The third-order valence-corrected chi connectivity index (χ3v) is 8.74. The van der Waals surface area contributed by atoms with Crippen molar-refractivity contribution in [1.82, 2.24) is 34.8 Å². The summed E-state index contributed by atoms with van der Waals surface area (Å²) in [6.45, 7) is 12.7. The van der Waals surface area contributed by atoms with Gasteiger partial charge in [0.25, 0.3) is 5.91 Å². The molecule has 2 amide bonds. The number of aryl methyl sites for hydroxylation is 2. The van der Waals surface area contributed by atoms with Crippen molar-refractivity contribution < 1.29 is 9.59 Å². The van der Waals surface area contributed by atoms with E-state index in [1.54, 1.807) is 17.1 Å². The van der Waals surface area contributed by atoms with Crippen molar-refractivity contribution in [2.45, 2.75) is 39.7 Å². The first kappa shape index (κ1) is 30.8. The SMILES string of the molecule is CCc1cccc(-c2cnc(C(=O)N3CCN(CC4CCN(CC)CC4)CC3)c(NC(=O)CNCc3cnn(C)c3)c2)c1. The lowest BCUT2D eigenvalue weighted by atomic mass is 9.96. The Bertz CT molecular complexity index is 1370. The first-order chi connectivity index (χ1) is 20.9. The molecule has 2 aliphatic rings. The number of nitrogens with zero attached hydrogens (tertiary/aromatic N) is 6. The Kier molecular flexibility index (Phi) is 10.6. The van der Waals surface area contributed by atoms with E-state index < -0.39 is 0 Å². The fourth-order valence-electron chi connectivity index (χ4n) is 6.07. The zero-order valence-corrected chi connectivity index (χ0v) is 25.9. The first-order valence-electron chi connectivity index (χ1n) is 15.7. The topological polar surface area (TPSA) is 98.6 Å². The van der Waals surface area contributed by atoms with E-state index in [0.717, 1.165) is 55.2 Å². The maximum absolute atomic E-state index is 13.8. The molecule has 0 atom stereocenters. The second-order valence-corrected chi connectivity index (χ2v) is 11.8. The van der Waals surface area contributed by atoms with Crippen LogP contribution in [0.3, 0.4) is 0 Å². The van der Waals surface area contributed by atoms with E-state index in [0.29, 0.717) is 25.3 Å². The normalized spacial score (nSPS) is 16.9. The highest BCUT2D eigenvalue weighted by Gasteiger charge is 2.28. The van der Waals surface area contributed by atoms with Gasteiger partial charge in [-0.3, -0.25) is 19.2 Å². The van der Waals surface area contributed by atoms with Crippen LogP contribution in [0.2, 0.25) is 0 Å². The molecule has 0 bridgehead atoms. The number of hydrogen-bond acceptors (Lipinski definition) is 7. The van der Waals surface area contributed by atoms with Gasteiger partial charge >= 0.3 is 0 Å². The molecular weight excluding hydrogens is 540 g/mol. The maximum Gasteiger partial charge on any atom is 0.274 e. The molecule has 4 heterocycles. The maximum atomic E-state index is 13.8. The number of likely N-dealkylation sites (tertiary alicyclic amines) is 1. The van der Waals surface area contributed by atoms with E-state index >= 15 is 0 Å². The molecule has 0 unspecified atom stereocenters. The molecule has 10 nitrogen and oxygen atoms in total. The van der Waals surface area contributed by atoms with Gasteiger partial charge in [0, 0.05) is 69.8 Å². The molecule has 10 heteroatoms. The minimum absolute atomic E-state index is 0.105. The molecule has 1 aromatic carbocycles. The quantitative estimate of drug-likeness (QED) is 0.356. The number of carbonyl (C=O) groups excluding carboxylic acids is 2. The Morgan fingerprint density at radius 1 is 0.930 bits per heavy atom. The molecule has 2 saturated heterocycles. The lowest BCUT2D eigenvalue weighted by Gasteiger charge is -2.38. The number of aromatic nitrogens is 3. The number of benzene rings is 1. The summed E-state index contributed by atoms with van der Waals surface area (Å²) in [6, 6.07) is 10.2. The minimum atomic E-state index is -0.224. The van der Waals surface area contributed by atoms with Crippen molar-refractivity contribution in [3.05, 3.63) is 65.7 Å². The average molecular weight is 587 g/mol. The molecule has 2 fully saturated rings. The smallest absolute Gasteiger partial charge is 0.274 e. The summed E-state index contributed by atoms with van der Waals surface area (Å²) >= 11 is 0. The van der Waals surface area contributed by atoms with Crippen LogP contribution in [-0.4, -0.2) is 100 Å². The van der Waals surface area contributed by atoms with Crippen LogP contribution >= 0.6 is 0 Å². The van der Waals surface area contributed by atoms with Gasteiger partial charge in [-0.1, -0.05) is 38.1 Å². The molecule has 230 valence electrons. The van der Waals surface area contributed by atoms with Gasteiger partial charge in [0.05, 0.1) is 18.4 Å². The van der Waals surface area contributed by atoms with Crippen molar-refractivity contribution in [2.24, 2.45) is 13.0 Å². The van der Waals surface area contributed by atoms with E-state index in [1.807, 2.05) is 36.3 Å². The van der Waals surface area contributed by atoms with Crippen LogP contribution in [0.1, 0.15) is 48.3 Å². The van der Waals surface area contributed by atoms with Gasteiger partial charge in [0.1, 0.15) is 0 Å². The summed E-state index contributed by atoms with van der Waals surface area (Å²) in [6.07, 6.45) is 8.86. The molecule has 0 spiro atoms. The number of amides is 2. The second-order valence-electron chi connectivity index (χ2n) is 11.8. The Morgan fingerprint density at radius 2 is 1.72 bits per heavy atom. The van der Waals surface area contributed by atoms with Gasteiger partial charge in [-0.2, -0.15) is 5.10 Å². The number of nitrogens with one attached hydrogen (secondary N) is 2. The number of anilines is 1. The van der Waals surface area contributed by atoms with E-state index in [1.165, 1.54) is 31.5 Å². The highest BCUT2D eigenvalue weighted by atomic mass is 16.2. The second kappa shape index (κ2) is 14.7. The van der Waals surface area contributed by atoms with Crippen molar-refractivity contribution in [2.75, 3.05) is 64.2 Å². The van der Waals surface area contributed by atoms with Crippen molar-refractivity contribution >= 4 is 17.5 Å². The number of rotatable bonds is 11. The van der Waals surface area contributed by atoms with E-state index in [9.17, 15) is 9.59 Å². The molecule has 2 aliphatic heterocycles. The summed E-state index contributed by atoms with van der Waals surface area (Å²) in [7, 11) is 1.86. The minimum Gasteiger partial charge on any atom is -0.335 e. The lowest BCUT2D eigenvalue weighted by molar-refractivity contribution is -0.115. The summed E-state index contributed by atoms with van der Waals surface area (Å²) in [4.78, 5) is 38.4. The van der Waals surface area contributed by atoms with Gasteiger partial charge in [0.15, 0.2) is 5.69 Å². The van der Waals surface area contributed by atoms with E-state index in [2.05, 4.69) is 56.5 Å². The first-order valence-corrected chi connectivity index (χ1v) is 15.7. The molecule has 2 aromatic heterocycles. The molecule has 2 N–H and O–H groups in total. The third-order valence-electron chi connectivity index (χ3n) is 8.74. The summed E-state index contributed by atoms with van der Waals surface area (Å²) in [5.74, 6) is 0.376. The molecule has 0 saturated carbocycles. The number of piperazine rings is 1. The fraction of sp³-hybridized carbons (Fsp3) is 0.515. The molecule has 3 aromatic rings. The van der Waals surface area contributed by atoms with Crippen LogP contribution in [0.4, 0.5) is 5.69 Å². The predicted octanol–water partition coefficient (Wildman–Crippen LogP) is 3.26. The number of hydrogen-bond donors (Lipinski definition) is 2. The monoisotopic (exact) mass is 586 g/mol. The van der Waals surface area contributed by atoms with Crippen LogP contribution in [-0.2, 0) is 24.8 Å². The zero-order chi connectivity index (χ0) is 30.2. The fourth-order valence-corrected chi connectivity index (χ4v) is 6.07. The van der Waals surface area contributed by atoms with Crippen LogP contribution in [0.5, 0.6) is 0 Å². The number of piperidine rings is 1. The van der Waals surface area contributed by atoms with Crippen LogP contribution in [0, 0.1) is 5.92 Å². The lowest BCUT2D eigenvalue weighted by Crippen LogP contribution is -2.50. The molecule has 43 heavy (non-hydrogen) atoms. The highest BCUT2D eigenvalue weighted by molar-refractivity contribution is 6.03. The Morgan fingerprint density at radius 3 is 2.42 bits per heavy atom. The van der Waals surface area contributed by atoms with Crippen LogP contribution in [0.15, 0.2) is 48.9 Å². The van der Waals surface area contributed by atoms with Crippen LogP contribution < -0.4 is 10.6 Å². The number of pyridine rings is 1. The van der Waals surface area contributed by atoms with Gasteiger partial charge in [-0.15, -0.1) is 0 Å². The molecule has 0 radical (unpaired) electrons. The van der Waals surface area contributed by atoms with Gasteiger partial charge in [-0.25, -0.2) is 4.98 Å². The van der Waals surface area contributed by atoms with E-state index in [-0.39, 0.29) is 24.1 Å². The van der Waals surface area contributed by atoms with Crippen molar-refractivity contribution in [3.8, 4) is 11.1 Å². The summed E-state index contributed by atoms with van der Waals surface area (Å²) < 4.78 is 1.73. The Labute approximate surface area is 255 Å². The standard InChI is InChI=1S/C33H46N8O2/c1-4-25-7-6-8-28(17-25)29-18-30(37-31(42)22-34-19-27-20-36-38(3)23-27)32(35-21-29)33(43)41-15-13-40(14-16-41)24-26-9-11-39(5-2)12-10-26/h6-8,17-18,20-21,23,26,34H,4-5,9-16,19,22,24H2,1-3H3,(H,37,42). The Hall–Kier alpha value is -3.60.